The van der Waals surface area contributed by atoms with Crippen LogP contribution in [0.4, 0.5) is 0 Å². The molecule has 0 N–H and O–H groups in total. The van der Waals surface area contributed by atoms with Crippen LogP contribution in [0.5, 0.6) is 0 Å². The van der Waals surface area contributed by atoms with Gasteiger partial charge in [-0.3, -0.25) is 13.7 Å². The number of benzene rings is 24. The standard InChI is InChI=1S/3C46H26N4/c1-2-13-29(14-3-1)43-46(47-35-25-23-28-12-5-7-16-31(28)44(35)48-43)50-36-20-9-17-32-33-18-8-19-34-40-30-15-6-4-11-27(30)24-26-39(40)49(45(33)34)37-21-10-22-38(50)42(37)41(32)36;1-2-13-29(14-3-1)42-46(47-36-26-24-27-11-4-6-15-30(27)43(36)48-42)49-37-20-9-17-32-33-18-8-19-34-35-25-23-28-12-5-7-16-31(28)44(35)50(45(33)34)39-22-10-21-38(49)41(39)40(32)37;1-2-12-28(13-3-1)43-46(47-36-24-23-27-11-6-7-16-31(27)44(36)48-43)50-37-20-9-17-32-33-18-8-19-34-35-25-29-14-4-5-15-30(29)26-40(35)49(45(33)34)38-21-10-22-39(50)42(38)41(32)37/h3*1-26H. The summed E-state index contributed by atoms with van der Waals surface area (Å²) in [6.07, 6.45) is 0. The zero-order valence-electron chi connectivity index (χ0n) is 80.4. The first-order valence-electron chi connectivity index (χ1n) is 51.3. The Labute approximate surface area is 852 Å². The summed E-state index contributed by atoms with van der Waals surface area (Å²) in [5.74, 6) is 2.49. The number of nitrogens with zero attached hydrogens (tertiary/aromatic N) is 12. The molecule has 0 aliphatic rings. The zero-order valence-corrected chi connectivity index (χ0v) is 80.4. The van der Waals surface area contributed by atoms with Crippen molar-refractivity contribution in [1.82, 2.24) is 56.8 Å². The number of hydrogen-bond donors (Lipinski definition) is 0. The maximum absolute atomic E-state index is 5.51. The molecule has 0 fully saturated rings. The normalized spacial score (nSPS) is 12.4. The SMILES string of the molecule is c1ccc(-c2nc3c(ccc4ccccc43)nc2-n2c3cccc4c5cccc6c7c8ccccc8ccc7n(c7cccc2c7c43)c56)cc1.c1ccc(-c2nc3c(ccc4ccccc43)nc2-n2c3cccc4c5cccc6c7cc8ccccc8cc7n(c7cccc2c7c43)c56)cc1.c1ccc(-c2nc3c(ccc4ccccc43)nc2-n2c3cccc4c5cccc6c7ccc8ccccc8c7n(c7cccc2c7c43)c56)cc1. The predicted molar refractivity (Wildman–Crippen MR) is 627 cm³/mol. The van der Waals surface area contributed by atoms with Gasteiger partial charge in [0.2, 0.25) is 0 Å². The first-order valence-corrected chi connectivity index (χ1v) is 51.3. The van der Waals surface area contributed by atoms with Crippen LogP contribution in [-0.4, -0.2) is 56.8 Å². The lowest BCUT2D eigenvalue weighted by Gasteiger charge is -2.15. The Balaban J connectivity index is 0.0000000957. The van der Waals surface area contributed by atoms with Crippen molar-refractivity contribution >= 4 is 277 Å². The van der Waals surface area contributed by atoms with E-state index in [9.17, 15) is 0 Å². The van der Waals surface area contributed by atoms with Crippen molar-refractivity contribution < 1.29 is 0 Å². The fourth-order valence-electron chi connectivity index (χ4n) is 26.2. The molecule has 0 spiro atoms. The van der Waals surface area contributed by atoms with Gasteiger partial charge in [-0.25, -0.2) is 29.9 Å². The van der Waals surface area contributed by atoms with Crippen LogP contribution in [0.2, 0.25) is 0 Å². The molecular formula is C138H78N12. The highest BCUT2D eigenvalue weighted by molar-refractivity contribution is 6.37. The van der Waals surface area contributed by atoms with Crippen LogP contribution in [0.1, 0.15) is 0 Å². The van der Waals surface area contributed by atoms with Crippen LogP contribution >= 0.6 is 0 Å². The van der Waals surface area contributed by atoms with Gasteiger partial charge in [-0.1, -0.05) is 382 Å². The molecular weight excluding hydrogens is 1830 g/mol. The largest absolute Gasteiger partial charge is 0.308 e. The minimum atomic E-state index is 0.829. The Morgan fingerprint density at radius 2 is 0.393 bits per heavy atom. The molecule has 36 aromatic rings. The van der Waals surface area contributed by atoms with Gasteiger partial charge in [0.1, 0.15) is 17.1 Å². The van der Waals surface area contributed by atoms with Gasteiger partial charge in [0.15, 0.2) is 17.5 Å². The Bertz CT molecular complexity index is 12000. The Morgan fingerprint density at radius 3 is 0.827 bits per heavy atom. The van der Waals surface area contributed by atoms with Crippen molar-refractivity contribution in [3.8, 4) is 51.2 Å². The molecule has 36 rings (SSSR count). The topological polar surface area (TPSA) is 105 Å². The smallest absolute Gasteiger partial charge is 0.165 e. The number of hydrogen-bond acceptors (Lipinski definition) is 6. The van der Waals surface area contributed by atoms with Gasteiger partial charge in [0.25, 0.3) is 0 Å². The summed E-state index contributed by atoms with van der Waals surface area (Å²) < 4.78 is 14.6. The molecule has 0 aliphatic carbocycles. The average Bonchev–Trinajstić information content (AvgIpc) is 1.53. The molecule has 0 bridgehead atoms. The van der Waals surface area contributed by atoms with Crippen molar-refractivity contribution in [1.29, 1.82) is 0 Å². The van der Waals surface area contributed by atoms with Crippen LogP contribution in [0, 0.1) is 0 Å². The monoisotopic (exact) mass is 1900 g/mol. The van der Waals surface area contributed by atoms with Gasteiger partial charge in [-0.15, -0.1) is 0 Å². The van der Waals surface area contributed by atoms with Crippen molar-refractivity contribution in [2.75, 3.05) is 0 Å². The molecule has 0 saturated heterocycles. The van der Waals surface area contributed by atoms with E-state index < -0.39 is 0 Å². The van der Waals surface area contributed by atoms with Crippen LogP contribution < -0.4 is 0 Å². The third kappa shape index (κ3) is 11.1. The Morgan fingerprint density at radius 1 is 0.133 bits per heavy atom. The van der Waals surface area contributed by atoms with Crippen molar-refractivity contribution in [2.24, 2.45) is 0 Å². The number of rotatable bonds is 6. The number of fused-ring (bicyclic) bond motifs is 29. The summed E-state index contributed by atoms with van der Waals surface area (Å²) in [6.45, 7) is 0. The molecule has 0 radical (unpaired) electrons. The average molecular weight is 1900 g/mol. The van der Waals surface area contributed by atoms with E-state index in [0.29, 0.717) is 0 Å². The third-order valence-corrected chi connectivity index (χ3v) is 32.4. The predicted octanol–water partition coefficient (Wildman–Crippen LogP) is 35.6. The molecule has 12 aromatic heterocycles. The van der Waals surface area contributed by atoms with E-state index in [1.54, 1.807) is 0 Å². The van der Waals surface area contributed by atoms with Crippen molar-refractivity contribution in [2.45, 2.75) is 0 Å². The maximum atomic E-state index is 5.51. The Hall–Kier alpha value is -20.3. The quantitative estimate of drug-likeness (QED) is 0.154. The molecule has 0 unspecified atom stereocenters. The van der Waals surface area contributed by atoms with Gasteiger partial charge in [-0.05, 0) is 150 Å². The summed E-state index contributed by atoms with van der Waals surface area (Å²) in [5, 5.41) is 36.8. The lowest BCUT2D eigenvalue weighted by atomic mass is 10.0. The van der Waals surface area contributed by atoms with Crippen molar-refractivity contribution in [3.05, 3.63) is 473 Å². The number of para-hydroxylation sites is 3. The fraction of sp³-hybridized carbons (Fsp3) is 0. The molecule has 0 aliphatic heterocycles. The van der Waals surface area contributed by atoms with Gasteiger partial charge < -0.3 is 13.2 Å². The highest BCUT2D eigenvalue weighted by atomic mass is 15.1. The minimum Gasteiger partial charge on any atom is -0.308 e. The molecule has 0 saturated carbocycles. The highest BCUT2D eigenvalue weighted by Crippen LogP contribution is 2.53. The molecule has 0 atom stereocenters. The first kappa shape index (κ1) is 81.1. The van der Waals surface area contributed by atoms with E-state index in [2.05, 4.69) is 500 Å². The summed E-state index contributed by atoms with van der Waals surface area (Å²) in [7, 11) is 0. The molecule has 12 heterocycles. The van der Waals surface area contributed by atoms with Crippen LogP contribution in [-0.2, 0) is 0 Å². The lowest BCUT2D eigenvalue weighted by molar-refractivity contribution is 1.08. The minimum absolute atomic E-state index is 0.829. The highest BCUT2D eigenvalue weighted by Gasteiger charge is 2.32. The molecule has 690 valence electrons. The number of aromatic nitrogens is 12. The van der Waals surface area contributed by atoms with E-state index >= 15 is 0 Å². The second kappa shape index (κ2) is 30.6. The lowest BCUT2D eigenvalue weighted by Crippen LogP contribution is -2.04. The van der Waals surface area contributed by atoms with E-state index in [1.807, 2.05) is 0 Å². The maximum Gasteiger partial charge on any atom is 0.165 e. The van der Waals surface area contributed by atoms with Crippen molar-refractivity contribution in [3.63, 3.8) is 0 Å². The van der Waals surface area contributed by atoms with E-state index in [1.165, 1.54) is 179 Å². The van der Waals surface area contributed by atoms with Gasteiger partial charge in [0.05, 0.1) is 116 Å². The van der Waals surface area contributed by atoms with E-state index in [-0.39, 0.29) is 0 Å². The summed E-state index contributed by atoms with van der Waals surface area (Å²) in [5.41, 5.74) is 28.7. The second-order valence-corrected chi connectivity index (χ2v) is 40.1. The fourth-order valence-corrected chi connectivity index (χ4v) is 26.2. The first-order chi connectivity index (χ1) is 74.5. The molecule has 0 amide bonds. The van der Waals surface area contributed by atoms with Gasteiger partial charge in [-0.2, -0.15) is 0 Å². The summed E-state index contributed by atoms with van der Waals surface area (Å²) >= 11 is 0. The molecule has 150 heavy (non-hydrogen) atoms. The van der Waals surface area contributed by atoms with Gasteiger partial charge in [0, 0.05) is 119 Å². The summed E-state index contributed by atoms with van der Waals surface area (Å²) in [4.78, 5) is 32.9. The molecule has 24 aromatic carbocycles. The zero-order chi connectivity index (χ0) is 97.5. The van der Waals surface area contributed by atoms with Gasteiger partial charge >= 0.3 is 0 Å². The molecule has 12 heteroatoms. The van der Waals surface area contributed by atoms with Crippen LogP contribution in [0.25, 0.3) is 329 Å². The van der Waals surface area contributed by atoms with Crippen LogP contribution in [0.3, 0.4) is 0 Å². The second-order valence-electron chi connectivity index (χ2n) is 40.1. The van der Waals surface area contributed by atoms with E-state index in [4.69, 9.17) is 29.9 Å². The Kier molecular flexibility index (Phi) is 16.6. The third-order valence-electron chi connectivity index (χ3n) is 32.4. The van der Waals surface area contributed by atoms with E-state index in [0.717, 1.165) is 150 Å². The summed E-state index contributed by atoms with van der Waals surface area (Å²) in [6, 6.07) is 170. The van der Waals surface area contributed by atoms with Crippen LogP contribution in [0.15, 0.2) is 473 Å². The molecule has 12 nitrogen and oxygen atoms in total.